The summed E-state index contributed by atoms with van der Waals surface area (Å²) < 4.78 is 27.0. The molecule has 0 aromatic heterocycles. The second-order valence-corrected chi connectivity index (χ2v) is 7.14. The van der Waals surface area contributed by atoms with Gasteiger partial charge in [0.2, 0.25) is 5.91 Å². The number of likely N-dealkylation sites (tertiary alicyclic amines) is 1. The van der Waals surface area contributed by atoms with E-state index in [4.69, 9.17) is 0 Å². The Balaban J connectivity index is 1.83. The third-order valence-electron chi connectivity index (χ3n) is 4.76. The van der Waals surface area contributed by atoms with Crippen LogP contribution in [0.5, 0.6) is 0 Å². The van der Waals surface area contributed by atoms with Gasteiger partial charge in [0.25, 0.3) is 0 Å². The normalized spacial score (nSPS) is 17.6. The van der Waals surface area contributed by atoms with Crippen molar-refractivity contribution in [2.75, 3.05) is 40.3 Å². The number of guanidine groups is 1. The molecule has 1 aliphatic rings. The average molecular weight is 395 g/mol. The first-order valence-electron chi connectivity index (χ1n) is 9.83. The van der Waals surface area contributed by atoms with Crippen molar-refractivity contribution in [3.05, 3.63) is 35.4 Å². The molecule has 0 saturated carbocycles. The minimum absolute atomic E-state index is 0.0205. The van der Waals surface area contributed by atoms with Gasteiger partial charge in [-0.3, -0.25) is 9.69 Å². The molecule has 1 aromatic rings. The van der Waals surface area contributed by atoms with Crippen LogP contribution < -0.4 is 10.6 Å². The number of halogens is 2. The summed E-state index contributed by atoms with van der Waals surface area (Å²) in [5.41, 5.74) is 0.222. The summed E-state index contributed by atoms with van der Waals surface area (Å²) in [6.45, 7) is 5.12. The van der Waals surface area contributed by atoms with Gasteiger partial charge in [0, 0.05) is 39.3 Å². The lowest BCUT2D eigenvalue weighted by molar-refractivity contribution is -0.133. The van der Waals surface area contributed by atoms with Gasteiger partial charge in [0.15, 0.2) is 5.96 Å². The zero-order valence-electron chi connectivity index (χ0n) is 17.0. The Kier molecular flexibility index (Phi) is 8.63. The third-order valence-corrected chi connectivity index (χ3v) is 4.76. The number of rotatable bonds is 8. The highest BCUT2D eigenvalue weighted by Gasteiger charge is 2.30. The molecule has 0 aliphatic carbocycles. The van der Waals surface area contributed by atoms with E-state index < -0.39 is 11.6 Å². The summed E-state index contributed by atoms with van der Waals surface area (Å²) in [6, 6.07) is 3.35. The molecule has 1 fully saturated rings. The molecule has 1 atom stereocenters. The Hall–Kier alpha value is -2.22. The van der Waals surface area contributed by atoms with Crippen molar-refractivity contribution < 1.29 is 13.6 Å². The number of aliphatic imine (C=N–C) groups is 1. The fourth-order valence-electron chi connectivity index (χ4n) is 3.33. The minimum Gasteiger partial charge on any atom is -0.357 e. The van der Waals surface area contributed by atoms with Crippen molar-refractivity contribution in [3.63, 3.8) is 0 Å². The van der Waals surface area contributed by atoms with Crippen LogP contribution in [0.3, 0.4) is 0 Å². The molecule has 156 valence electrons. The molecule has 28 heavy (non-hydrogen) atoms. The van der Waals surface area contributed by atoms with E-state index in [0.29, 0.717) is 19.0 Å². The average Bonchev–Trinajstić information content (AvgIpc) is 3.13. The molecule has 6 nitrogen and oxygen atoms in total. The minimum atomic E-state index is -0.475. The third kappa shape index (κ3) is 6.44. The summed E-state index contributed by atoms with van der Waals surface area (Å²) >= 11 is 0. The SMILES string of the molecule is CCNC(=NCc1cc(F)ccc1F)NCCCN1CCCC1C(=O)N(C)C. The maximum Gasteiger partial charge on any atom is 0.239 e. The van der Waals surface area contributed by atoms with Crippen LogP contribution in [-0.2, 0) is 11.3 Å². The van der Waals surface area contributed by atoms with Crippen molar-refractivity contribution in [1.29, 1.82) is 0 Å². The highest BCUT2D eigenvalue weighted by molar-refractivity contribution is 5.81. The lowest BCUT2D eigenvalue weighted by Crippen LogP contribution is -2.44. The van der Waals surface area contributed by atoms with E-state index in [1.165, 1.54) is 0 Å². The van der Waals surface area contributed by atoms with Crippen LogP contribution in [0.2, 0.25) is 0 Å². The number of carbonyl (C=O) groups excluding carboxylic acids is 1. The van der Waals surface area contributed by atoms with E-state index in [0.717, 1.165) is 50.6 Å². The van der Waals surface area contributed by atoms with Crippen LogP contribution in [0.1, 0.15) is 31.7 Å². The largest absolute Gasteiger partial charge is 0.357 e. The van der Waals surface area contributed by atoms with Crippen LogP contribution in [0.4, 0.5) is 8.78 Å². The predicted octanol–water partition coefficient (Wildman–Crippen LogP) is 1.96. The van der Waals surface area contributed by atoms with E-state index in [9.17, 15) is 13.6 Å². The number of nitrogens with one attached hydrogen (secondary N) is 2. The highest BCUT2D eigenvalue weighted by Crippen LogP contribution is 2.18. The van der Waals surface area contributed by atoms with Gasteiger partial charge in [-0.15, -0.1) is 0 Å². The fraction of sp³-hybridized carbons (Fsp3) is 0.600. The van der Waals surface area contributed by atoms with E-state index in [1.54, 1.807) is 19.0 Å². The summed E-state index contributed by atoms with van der Waals surface area (Å²) in [4.78, 5) is 20.5. The molecule has 2 rings (SSSR count). The van der Waals surface area contributed by atoms with Crippen molar-refractivity contribution in [1.82, 2.24) is 20.4 Å². The number of likely N-dealkylation sites (N-methyl/N-ethyl adjacent to an activating group) is 1. The van der Waals surface area contributed by atoms with Gasteiger partial charge in [0.1, 0.15) is 11.6 Å². The molecule has 1 aromatic carbocycles. The topological polar surface area (TPSA) is 60.0 Å². The van der Waals surface area contributed by atoms with Crippen LogP contribution in [0.15, 0.2) is 23.2 Å². The molecule has 1 heterocycles. The summed E-state index contributed by atoms with van der Waals surface area (Å²) in [5, 5.41) is 6.32. The molecule has 0 spiro atoms. The van der Waals surface area contributed by atoms with Gasteiger partial charge in [-0.05, 0) is 50.9 Å². The fourth-order valence-corrected chi connectivity index (χ4v) is 3.33. The Morgan fingerprint density at radius 2 is 2.11 bits per heavy atom. The Morgan fingerprint density at radius 1 is 1.32 bits per heavy atom. The smallest absolute Gasteiger partial charge is 0.239 e. The van der Waals surface area contributed by atoms with Crippen LogP contribution >= 0.6 is 0 Å². The van der Waals surface area contributed by atoms with Crippen molar-refractivity contribution in [3.8, 4) is 0 Å². The number of amides is 1. The van der Waals surface area contributed by atoms with Gasteiger partial charge >= 0.3 is 0 Å². The number of hydrogen-bond acceptors (Lipinski definition) is 3. The highest BCUT2D eigenvalue weighted by atomic mass is 19.1. The molecular weight excluding hydrogens is 364 g/mol. The first kappa shape index (κ1) is 22.1. The summed E-state index contributed by atoms with van der Waals surface area (Å²) in [5.74, 6) is -0.213. The number of benzene rings is 1. The zero-order chi connectivity index (χ0) is 20.5. The molecule has 0 radical (unpaired) electrons. The van der Waals surface area contributed by atoms with Crippen LogP contribution in [0.25, 0.3) is 0 Å². The molecule has 1 unspecified atom stereocenters. The first-order chi connectivity index (χ1) is 13.4. The quantitative estimate of drug-likeness (QED) is 0.401. The van der Waals surface area contributed by atoms with Gasteiger partial charge in [0.05, 0.1) is 12.6 Å². The second-order valence-electron chi connectivity index (χ2n) is 7.14. The van der Waals surface area contributed by atoms with Gasteiger partial charge in [-0.2, -0.15) is 0 Å². The monoisotopic (exact) mass is 395 g/mol. The molecule has 1 saturated heterocycles. The molecule has 1 amide bonds. The Bertz CT molecular complexity index is 681. The maximum absolute atomic E-state index is 13.7. The second kappa shape index (κ2) is 10.9. The summed E-state index contributed by atoms with van der Waals surface area (Å²) in [6.07, 6.45) is 2.81. The van der Waals surface area contributed by atoms with Crippen molar-refractivity contribution >= 4 is 11.9 Å². The van der Waals surface area contributed by atoms with Crippen LogP contribution in [-0.4, -0.2) is 68.0 Å². The van der Waals surface area contributed by atoms with E-state index in [2.05, 4.69) is 20.5 Å². The zero-order valence-corrected chi connectivity index (χ0v) is 17.0. The molecule has 8 heteroatoms. The lowest BCUT2D eigenvalue weighted by atomic mass is 10.2. The van der Waals surface area contributed by atoms with Crippen molar-refractivity contribution in [2.45, 2.75) is 38.8 Å². The standard InChI is InChI=1S/C20H31F2N5O/c1-4-23-20(25-14-15-13-16(21)8-9-17(15)22)24-10-6-12-27-11-5-7-18(27)19(28)26(2)3/h8-9,13,18H,4-7,10-12,14H2,1-3H3,(H2,23,24,25). The van der Waals surface area contributed by atoms with Crippen LogP contribution in [0, 0.1) is 11.6 Å². The van der Waals surface area contributed by atoms with E-state index in [1.807, 2.05) is 6.92 Å². The molecular formula is C20H31F2N5O. The van der Waals surface area contributed by atoms with Gasteiger partial charge in [-0.25, -0.2) is 13.8 Å². The van der Waals surface area contributed by atoms with E-state index >= 15 is 0 Å². The molecule has 0 bridgehead atoms. The summed E-state index contributed by atoms with van der Waals surface area (Å²) in [7, 11) is 3.59. The first-order valence-corrected chi connectivity index (χ1v) is 9.83. The molecule has 2 N–H and O–H groups in total. The Morgan fingerprint density at radius 3 is 2.82 bits per heavy atom. The lowest BCUT2D eigenvalue weighted by Gasteiger charge is -2.26. The number of carbonyl (C=O) groups is 1. The maximum atomic E-state index is 13.7. The number of hydrogen-bond donors (Lipinski definition) is 2. The van der Waals surface area contributed by atoms with Gasteiger partial charge < -0.3 is 15.5 Å². The van der Waals surface area contributed by atoms with E-state index in [-0.39, 0.29) is 24.1 Å². The number of nitrogens with zero attached hydrogens (tertiary/aromatic N) is 3. The Labute approximate surface area is 166 Å². The predicted molar refractivity (Wildman–Crippen MR) is 107 cm³/mol. The molecule has 1 aliphatic heterocycles. The van der Waals surface area contributed by atoms with Gasteiger partial charge in [-0.1, -0.05) is 0 Å². The van der Waals surface area contributed by atoms with Crippen molar-refractivity contribution in [2.24, 2.45) is 4.99 Å².